The highest BCUT2D eigenvalue weighted by Crippen LogP contribution is 2.47. The maximum atomic E-state index is 12.4. The van der Waals surface area contributed by atoms with E-state index in [-0.39, 0.29) is 17.9 Å². The van der Waals surface area contributed by atoms with E-state index in [2.05, 4.69) is 20.0 Å². The number of nitrogens with one attached hydrogen (secondary N) is 1. The van der Waals surface area contributed by atoms with Crippen LogP contribution in [-0.2, 0) is 24.8 Å². The Labute approximate surface area is 123 Å². The number of hydrogen-bond donors (Lipinski definition) is 1. The molecule has 0 radical (unpaired) electrons. The summed E-state index contributed by atoms with van der Waals surface area (Å²) in [5.41, 5.74) is 1.18. The molecule has 0 saturated heterocycles. The number of hydrogen-bond acceptors (Lipinski definition) is 3. The third-order valence-corrected chi connectivity index (χ3v) is 4.56. The first-order valence-corrected chi connectivity index (χ1v) is 7.49. The topological polar surface area (TPSA) is 64.7 Å². The molecule has 2 aromatic rings. The van der Waals surface area contributed by atoms with Gasteiger partial charge in [0.2, 0.25) is 5.91 Å². The van der Waals surface area contributed by atoms with Crippen molar-refractivity contribution in [2.24, 2.45) is 13.0 Å². The highest BCUT2D eigenvalue weighted by atomic mass is 16.2. The maximum absolute atomic E-state index is 12.4. The largest absolute Gasteiger partial charge is 0.351 e. The number of aryl methyl sites for hydroxylation is 2. The van der Waals surface area contributed by atoms with Crippen LogP contribution in [0.5, 0.6) is 0 Å². The first-order valence-electron chi connectivity index (χ1n) is 7.49. The van der Waals surface area contributed by atoms with Crippen LogP contribution in [0.2, 0.25) is 0 Å². The van der Waals surface area contributed by atoms with Crippen LogP contribution >= 0.6 is 0 Å². The standard InChI is InChI=1S/C15H19N5O/c1-19-8-10(7-17-19)12-6-13(12)15(21)18-11-2-3-14-16-4-5-20(14)9-11/h4-5,7-8,11-13H,2-3,6,9H2,1H3,(H,18,21)/t11-,12-,13+/m0/s1. The number of carbonyl (C=O) groups excluding carboxylic acids is 1. The molecular formula is C15H19N5O. The molecule has 1 aliphatic heterocycles. The smallest absolute Gasteiger partial charge is 0.224 e. The first kappa shape index (κ1) is 12.6. The summed E-state index contributed by atoms with van der Waals surface area (Å²) >= 11 is 0. The normalized spacial score (nSPS) is 27.2. The second-order valence-electron chi connectivity index (χ2n) is 6.14. The fourth-order valence-electron chi connectivity index (χ4n) is 3.28. The Hall–Kier alpha value is -2.11. The van der Waals surface area contributed by atoms with Gasteiger partial charge in [-0.2, -0.15) is 5.10 Å². The number of nitrogens with zero attached hydrogens (tertiary/aromatic N) is 4. The zero-order valence-electron chi connectivity index (χ0n) is 12.1. The fraction of sp³-hybridized carbons (Fsp3) is 0.533. The van der Waals surface area contributed by atoms with Crippen molar-refractivity contribution in [3.63, 3.8) is 0 Å². The summed E-state index contributed by atoms with van der Waals surface area (Å²) in [4.78, 5) is 16.7. The van der Waals surface area contributed by atoms with Gasteiger partial charge in [0.25, 0.3) is 0 Å². The van der Waals surface area contributed by atoms with Crippen LogP contribution in [0, 0.1) is 5.92 Å². The Morgan fingerprint density at radius 3 is 3.19 bits per heavy atom. The van der Waals surface area contributed by atoms with Crippen LogP contribution in [0.1, 0.15) is 30.1 Å². The van der Waals surface area contributed by atoms with Gasteiger partial charge in [0, 0.05) is 50.6 Å². The van der Waals surface area contributed by atoms with Gasteiger partial charge in [-0.15, -0.1) is 0 Å². The SMILES string of the molecule is Cn1cc([C@@H]2C[C@H]2C(=O)N[C@H]2CCc3nccn3C2)cn1. The van der Waals surface area contributed by atoms with Crippen LogP contribution in [0.15, 0.2) is 24.8 Å². The summed E-state index contributed by atoms with van der Waals surface area (Å²) in [5.74, 6) is 1.79. The summed E-state index contributed by atoms with van der Waals surface area (Å²) in [7, 11) is 1.91. The van der Waals surface area contributed by atoms with Crippen LogP contribution in [-0.4, -0.2) is 31.3 Å². The number of fused-ring (bicyclic) bond motifs is 1. The first-order chi connectivity index (χ1) is 10.2. The minimum Gasteiger partial charge on any atom is -0.351 e. The van der Waals surface area contributed by atoms with Crippen LogP contribution in [0.4, 0.5) is 0 Å². The molecule has 3 atom stereocenters. The highest BCUT2D eigenvalue weighted by molar-refractivity contribution is 5.83. The summed E-state index contributed by atoms with van der Waals surface area (Å²) in [6.45, 7) is 0.839. The lowest BCUT2D eigenvalue weighted by atomic mass is 10.1. The molecule has 4 rings (SSSR count). The number of imidazole rings is 1. The molecule has 3 heterocycles. The van der Waals surface area contributed by atoms with Crippen molar-refractivity contribution in [2.75, 3.05) is 0 Å². The molecular weight excluding hydrogens is 266 g/mol. The molecule has 21 heavy (non-hydrogen) atoms. The second-order valence-corrected chi connectivity index (χ2v) is 6.14. The molecule has 0 bridgehead atoms. The lowest BCUT2D eigenvalue weighted by Crippen LogP contribution is -2.41. The number of carbonyl (C=O) groups is 1. The average molecular weight is 285 g/mol. The van der Waals surface area contributed by atoms with Gasteiger partial charge in [0.1, 0.15) is 5.82 Å². The van der Waals surface area contributed by atoms with E-state index in [4.69, 9.17) is 0 Å². The summed E-state index contributed by atoms with van der Waals surface area (Å²) in [6.07, 6.45) is 10.6. The Morgan fingerprint density at radius 2 is 2.38 bits per heavy atom. The Morgan fingerprint density at radius 1 is 1.48 bits per heavy atom. The lowest BCUT2D eigenvalue weighted by molar-refractivity contribution is -0.123. The van der Waals surface area contributed by atoms with Gasteiger partial charge < -0.3 is 9.88 Å². The van der Waals surface area contributed by atoms with Gasteiger partial charge in [-0.3, -0.25) is 9.48 Å². The molecule has 1 amide bonds. The van der Waals surface area contributed by atoms with Crippen molar-refractivity contribution >= 4 is 5.91 Å². The van der Waals surface area contributed by atoms with Crippen LogP contribution < -0.4 is 5.32 Å². The number of amides is 1. The molecule has 2 aromatic heterocycles. The number of rotatable bonds is 3. The zero-order chi connectivity index (χ0) is 14.4. The minimum absolute atomic E-state index is 0.124. The third kappa shape index (κ3) is 2.34. The minimum atomic E-state index is 0.124. The molecule has 2 aliphatic rings. The predicted octanol–water partition coefficient (Wildman–Crippen LogP) is 0.851. The quantitative estimate of drug-likeness (QED) is 0.909. The predicted molar refractivity (Wildman–Crippen MR) is 76.5 cm³/mol. The zero-order valence-corrected chi connectivity index (χ0v) is 12.1. The molecule has 0 aromatic carbocycles. The van der Waals surface area contributed by atoms with Gasteiger partial charge in [0.15, 0.2) is 0 Å². The van der Waals surface area contributed by atoms with E-state index in [1.807, 2.05) is 31.8 Å². The van der Waals surface area contributed by atoms with Crippen molar-refractivity contribution < 1.29 is 4.79 Å². The van der Waals surface area contributed by atoms with E-state index in [0.29, 0.717) is 5.92 Å². The summed E-state index contributed by atoms with van der Waals surface area (Å²) in [5, 5.41) is 7.38. The van der Waals surface area contributed by atoms with Crippen molar-refractivity contribution in [3.8, 4) is 0 Å². The summed E-state index contributed by atoms with van der Waals surface area (Å²) < 4.78 is 3.93. The molecule has 0 unspecified atom stereocenters. The van der Waals surface area contributed by atoms with Gasteiger partial charge >= 0.3 is 0 Å². The highest BCUT2D eigenvalue weighted by Gasteiger charge is 2.45. The molecule has 1 aliphatic carbocycles. The van der Waals surface area contributed by atoms with E-state index in [0.717, 1.165) is 31.6 Å². The van der Waals surface area contributed by atoms with E-state index >= 15 is 0 Å². The van der Waals surface area contributed by atoms with E-state index in [9.17, 15) is 4.79 Å². The molecule has 0 spiro atoms. The molecule has 1 fully saturated rings. The Bertz CT molecular complexity index is 673. The average Bonchev–Trinajstić information content (AvgIpc) is 2.93. The second kappa shape index (κ2) is 4.72. The molecule has 6 nitrogen and oxygen atoms in total. The fourth-order valence-corrected chi connectivity index (χ4v) is 3.28. The van der Waals surface area contributed by atoms with Gasteiger partial charge in [-0.05, 0) is 24.3 Å². The van der Waals surface area contributed by atoms with Crippen molar-refractivity contribution in [2.45, 2.75) is 37.8 Å². The Balaban J connectivity index is 1.35. The van der Waals surface area contributed by atoms with Crippen molar-refractivity contribution in [1.82, 2.24) is 24.6 Å². The lowest BCUT2D eigenvalue weighted by Gasteiger charge is -2.24. The van der Waals surface area contributed by atoms with Gasteiger partial charge in [-0.25, -0.2) is 4.98 Å². The van der Waals surface area contributed by atoms with Crippen LogP contribution in [0.25, 0.3) is 0 Å². The summed E-state index contributed by atoms with van der Waals surface area (Å²) in [6, 6.07) is 0.231. The monoisotopic (exact) mass is 285 g/mol. The van der Waals surface area contributed by atoms with E-state index in [1.165, 1.54) is 5.56 Å². The van der Waals surface area contributed by atoms with Crippen LogP contribution in [0.3, 0.4) is 0 Å². The van der Waals surface area contributed by atoms with Crippen molar-refractivity contribution in [1.29, 1.82) is 0 Å². The molecule has 110 valence electrons. The van der Waals surface area contributed by atoms with Gasteiger partial charge in [0.05, 0.1) is 6.20 Å². The van der Waals surface area contributed by atoms with E-state index < -0.39 is 0 Å². The molecule has 6 heteroatoms. The van der Waals surface area contributed by atoms with E-state index in [1.54, 1.807) is 4.68 Å². The maximum Gasteiger partial charge on any atom is 0.224 e. The van der Waals surface area contributed by atoms with Crippen molar-refractivity contribution in [3.05, 3.63) is 36.2 Å². The Kier molecular flexibility index (Phi) is 2.83. The van der Waals surface area contributed by atoms with Gasteiger partial charge in [-0.1, -0.05) is 0 Å². The molecule has 1 saturated carbocycles. The third-order valence-electron chi connectivity index (χ3n) is 4.56. The number of aromatic nitrogens is 4. The molecule has 1 N–H and O–H groups in total.